The predicted molar refractivity (Wildman–Crippen MR) is 69.8 cm³/mol. The summed E-state index contributed by atoms with van der Waals surface area (Å²) in [5.74, 6) is -0.281. The van der Waals surface area contributed by atoms with Crippen LogP contribution in [0.3, 0.4) is 0 Å². The monoisotopic (exact) mass is 230 g/mol. The molecule has 0 N–H and O–H groups in total. The van der Waals surface area contributed by atoms with E-state index in [1.54, 1.807) is 6.08 Å². The summed E-state index contributed by atoms with van der Waals surface area (Å²) in [7, 11) is 1.40. The lowest BCUT2D eigenvalue weighted by molar-refractivity contribution is -0.145. The molecule has 1 rings (SSSR count). The molecule has 2 heteroatoms. The van der Waals surface area contributed by atoms with Crippen molar-refractivity contribution in [3.8, 4) is 0 Å². The zero-order valence-electron chi connectivity index (χ0n) is 10.6. The summed E-state index contributed by atoms with van der Waals surface area (Å²) >= 11 is 0. The SMILES string of the molecule is C=C/C(=C\C)C(C)(C(=O)OC)c1ccccc1. The summed E-state index contributed by atoms with van der Waals surface area (Å²) in [6, 6.07) is 9.58. The van der Waals surface area contributed by atoms with Crippen molar-refractivity contribution in [1.82, 2.24) is 0 Å². The first-order valence-corrected chi connectivity index (χ1v) is 5.54. The molecule has 0 bridgehead atoms. The Kier molecular flexibility index (Phi) is 4.27. The normalized spacial score (nSPS) is 14.9. The number of benzene rings is 1. The van der Waals surface area contributed by atoms with Crippen molar-refractivity contribution >= 4 is 5.97 Å². The van der Waals surface area contributed by atoms with Gasteiger partial charge in [-0.15, -0.1) is 0 Å². The maximum atomic E-state index is 12.1. The number of allylic oxidation sites excluding steroid dienone is 2. The van der Waals surface area contributed by atoms with Crippen LogP contribution >= 0.6 is 0 Å². The zero-order chi connectivity index (χ0) is 12.9. The molecule has 90 valence electrons. The molecule has 0 saturated carbocycles. The van der Waals surface area contributed by atoms with E-state index in [4.69, 9.17) is 4.74 Å². The van der Waals surface area contributed by atoms with Gasteiger partial charge in [0.1, 0.15) is 5.41 Å². The third-order valence-corrected chi connectivity index (χ3v) is 3.05. The Balaban J connectivity index is 3.40. The Morgan fingerprint density at radius 2 is 1.94 bits per heavy atom. The van der Waals surface area contributed by atoms with E-state index in [0.717, 1.165) is 11.1 Å². The summed E-state index contributed by atoms with van der Waals surface area (Å²) in [6.07, 6.45) is 3.58. The van der Waals surface area contributed by atoms with Crippen molar-refractivity contribution in [2.45, 2.75) is 19.3 Å². The molecule has 17 heavy (non-hydrogen) atoms. The fourth-order valence-electron chi connectivity index (χ4n) is 1.99. The van der Waals surface area contributed by atoms with E-state index in [-0.39, 0.29) is 5.97 Å². The molecule has 0 aliphatic carbocycles. The number of rotatable bonds is 4. The first kappa shape index (κ1) is 13.2. The number of hydrogen-bond donors (Lipinski definition) is 0. The number of methoxy groups -OCH3 is 1. The number of carbonyl (C=O) groups is 1. The molecule has 1 unspecified atom stereocenters. The second-order valence-electron chi connectivity index (χ2n) is 3.93. The van der Waals surface area contributed by atoms with Crippen LogP contribution in [0.1, 0.15) is 19.4 Å². The van der Waals surface area contributed by atoms with Crippen molar-refractivity contribution < 1.29 is 9.53 Å². The molecule has 1 aromatic carbocycles. The van der Waals surface area contributed by atoms with Gasteiger partial charge in [0.05, 0.1) is 7.11 Å². The molecule has 0 heterocycles. The number of ether oxygens (including phenoxy) is 1. The summed E-state index contributed by atoms with van der Waals surface area (Å²) in [4.78, 5) is 12.1. The molecule has 0 fully saturated rings. The van der Waals surface area contributed by atoms with Gasteiger partial charge in [0.2, 0.25) is 0 Å². The van der Waals surface area contributed by atoms with E-state index in [0.29, 0.717) is 0 Å². The molecular formula is C15H18O2. The van der Waals surface area contributed by atoms with Crippen LogP contribution in [0.15, 0.2) is 54.6 Å². The zero-order valence-corrected chi connectivity index (χ0v) is 10.6. The fourth-order valence-corrected chi connectivity index (χ4v) is 1.99. The number of esters is 1. The lowest BCUT2D eigenvalue weighted by atomic mass is 9.75. The maximum absolute atomic E-state index is 12.1. The average molecular weight is 230 g/mol. The van der Waals surface area contributed by atoms with Crippen molar-refractivity contribution in [1.29, 1.82) is 0 Å². The van der Waals surface area contributed by atoms with Crippen molar-refractivity contribution in [3.63, 3.8) is 0 Å². The highest BCUT2D eigenvalue weighted by Crippen LogP contribution is 2.33. The topological polar surface area (TPSA) is 26.3 Å². The van der Waals surface area contributed by atoms with E-state index < -0.39 is 5.41 Å². The second kappa shape index (κ2) is 5.48. The average Bonchev–Trinajstić information content (AvgIpc) is 2.39. The maximum Gasteiger partial charge on any atom is 0.320 e. The van der Waals surface area contributed by atoms with Gasteiger partial charge in [0.15, 0.2) is 0 Å². The summed E-state index contributed by atoms with van der Waals surface area (Å²) < 4.78 is 4.93. The van der Waals surface area contributed by atoms with Crippen molar-refractivity contribution in [2.24, 2.45) is 0 Å². The number of hydrogen-bond acceptors (Lipinski definition) is 2. The standard InChI is InChI=1S/C15H18O2/c1-5-12(6-2)15(3,14(16)17-4)13-10-8-7-9-11-13/h5-11H,1H2,2-4H3/b12-6+. The van der Waals surface area contributed by atoms with Crippen LogP contribution in [0, 0.1) is 0 Å². The van der Waals surface area contributed by atoms with Crippen LogP contribution in [0.2, 0.25) is 0 Å². The van der Waals surface area contributed by atoms with Crippen LogP contribution in [-0.2, 0) is 14.9 Å². The molecule has 0 spiro atoms. The highest BCUT2D eigenvalue weighted by Gasteiger charge is 2.38. The van der Waals surface area contributed by atoms with E-state index in [1.165, 1.54) is 7.11 Å². The van der Waals surface area contributed by atoms with Crippen LogP contribution < -0.4 is 0 Å². The Hall–Kier alpha value is -1.83. The van der Waals surface area contributed by atoms with Gasteiger partial charge in [-0.2, -0.15) is 0 Å². The van der Waals surface area contributed by atoms with Gasteiger partial charge in [0.25, 0.3) is 0 Å². The summed E-state index contributed by atoms with van der Waals surface area (Å²) in [5, 5.41) is 0. The molecule has 1 atom stereocenters. The first-order chi connectivity index (χ1) is 8.11. The lowest BCUT2D eigenvalue weighted by Gasteiger charge is -2.28. The molecule has 0 aromatic heterocycles. The first-order valence-electron chi connectivity index (χ1n) is 5.54. The largest absolute Gasteiger partial charge is 0.468 e. The molecule has 0 radical (unpaired) electrons. The molecule has 0 aliphatic rings. The van der Waals surface area contributed by atoms with Gasteiger partial charge in [-0.05, 0) is 25.0 Å². The second-order valence-corrected chi connectivity index (χ2v) is 3.93. The molecule has 2 nitrogen and oxygen atoms in total. The minimum atomic E-state index is -0.799. The fraction of sp³-hybridized carbons (Fsp3) is 0.267. The molecule has 0 amide bonds. The minimum Gasteiger partial charge on any atom is -0.468 e. The predicted octanol–water partition coefficient (Wildman–Crippen LogP) is 3.25. The van der Waals surface area contributed by atoms with Crippen LogP contribution in [0.4, 0.5) is 0 Å². The molecular weight excluding hydrogens is 212 g/mol. The summed E-state index contributed by atoms with van der Waals surface area (Å²) in [5.41, 5.74) is 0.947. The van der Waals surface area contributed by atoms with Gasteiger partial charge >= 0.3 is 5.97 Å². The molecule has 0 saturated heterocycles. The van der Waals surface area contributed by atoms with Gasteiger partial charge in [-0.3, -0.25) is 4.79 Å². The molecule has 0 aliphatic heterocycles. The quantitative estimate of drug-likeness (QED) is 0.586. The highest BCUT2D eigenvalue weighted by atomic mass is 16.5. The highest BCUT2D eigenvalue weighted by molar-refractivity contribution is 5.87. The Morgan fingerprint density at radius 1 is 1.35 bits per heavy atom. The van der Waals surface area contributed by atoms with E-state index in [9.17, 15) is 4.79 Å². The number of carbonyl (C=O) groups excluding carboxylic acids is 1. The smallest absolute Gasteiger partial charge is 0.320 e. The van der Waals surface area contributed by atoms with Crippen LogP contribution in [-0.4, -0.2) is 13.1 Å². The summed E-state index contributed by atoms with van der Waals surface area (Å²) in [6.45, 7) is 7.51. The van der Waals surface area contributed by atoms with Crippen LogP contribution in [0.5, 0.6) is 0 Å². The van der Waals surface area contributed by atoms with Crippen molar-refractivity contribution in [3.05, 3.63) is 60.2 Å². The van der Waals surface area contributed by atoms with Gasteiger partial charge < -0.3 is 4.74 Å². The van der Waals surface area contributed by atoms with Crippen molar-refractivity contribution in [2.75, 3.05) is 7.11 Å². The molecule has 1 aromatic rings. The van der Waals surface area contributed by atoms with Gasteiger partial charge in [-0.25, -0.2) is 0 Å². The third kappa shape index (κ3) is 2.31. The van der Waals surface area contributed by atoms with Gasteiger partial charge in [0, 0.05) is 0 Å². The minimum absolute atomic E-state index is 0.281. The van der Waals surface area contributed by atoms with Gasteiger partial charge in [-0.1, -0.05) is 49.1 Å². The lowest BCUT2D eigenvalue weighted by Crippen LogP contribution is -2.35. The van der Waals surface area contributed by atoms with Crippen LogP contribution in [0.25, 0.3) is 0 Å². The van der Waals surface area contributed by atoms with E-state index in [2.05, 4.69) is 6.58 Å². The Labute approximate surface area is 103 Å². The van der Waals surface area contributed by atoms with E-state index >= 15 is 0 Å². The Morgan fingerprint density at radius 3 is 2.35 bits per heavy atom. The third-order valence-electron chi connectivity index (χ3n) is 3.05. The van der Waals surface area contributed by atoms with E-state index in [1.807, 2.05) is 50.3 Å². The Bertz CT molecular complexity index is 431.